The molecule has 0 aliphatic heterocycles. The van der Waals surface area contributed by atoms with Crippen molar-refractivity contribution in [2.24, 2.45) is 0 Å². The molecular weight excluding hydrogens is 360 g/mol. The first-order valence-corrected chi connectivity index (χ1v) is 8.86. The highest BCUT2D eigenvalue weighted by molar-refractivity contribution is 5.87. The van der Waals surface area contributed by atoms with Crippen LogP contribution in [-0.4, -0.2) is 37.9 Å². The number of ether oxygens (including phenoxy) is 2. The second-order valence-electron chi connectivity index (χ2n) is 6.27. The van der Waals surface area contributed by atoms with Crippen LogP contribution in [0.5, 0.6) is 11.6 Å². The monoisotopic (exact) mass is 382 g/mol. The Morgan fingerprint density at radius 3 is 2.46 bits per heavy atom. The summed E-state index contributed by atoms with van der Waals surface area (Å²) in [5.74, 6) is 0.383. The van der Waals surface area contributed by atoms with Crippen LogP contribution in [0.3, 0.4) is 0 Å². The van der Waals surface area contributed by atoms with E-state index in [0.29, 0.717) is 35.9 Å². The van der Waals surface area contributed by atoms with E-state index in [1.54, 1.807) is 13.2 Å². The number of hydrogen-bond acceptors (Lipinski definition) is 6. The van der Waals surface area contributed by atoms with Gasteiger partial charge in [-0.1, -0.05) is 19.1 Å². The molecule has 1 aromatic carbocycles. The van der Waals surface area contributed by atoms with E-state index < -0.39 is 5.97 Å². The minimum absolute atomic E-state index is 0.0193. The van der Waals surface area contributed by atoms with Gasteiger partial charge in [0.2, 0.25) is 5.88 Å². The van der Waals surface area contributed by atoms with Gasteiger partial charge in [-0.25, -0.2) is 14.5 Å². The molecule has 2 heterocycles. The lowest BCUT2D eigenvalue weighted by atomic mass is 10.1. The lowest BCUT2D eigenvalue weighted by Gasteiger charge is -2.09. The number of carboxylic acids is 1. The molecule has 0 fully saturated rings. The smallest absolute Gasteiger partial charge is 0.356 e. The summed E-state index contributed by atoms with van der Waals surface area (Å²) in [6.07, 6.45) is 0.556. The molecule has 8 heteroatoms. The Labute approximate surface area is 162 Å². The fourth-order valence-electron chi connectivity index (χ4n) is 2.90. The van der Waals surface area contributed by atoms with Crippen LogP contribution in [-0.2, 0) is 13.0 Å². The summed E-state index contributed by atoms with van der Waals surface area (Å²) in [6, 6.07) is 9.28. The van der Waals surface area contributed by atoms with Crippen LogP contribution in [0.4, 0.5) is 0 Å². The number of nitrogens with zero attached hydrogens (tertiary/aromatic N) is 4. The zero-order chi connectivity index (χ0) is 20.3. The summed E-state index contributed by atoms with van der Waals surface area (Å²) in [5.41, 5.74) is 3.05. The number of methoxy groups -OCH3 is 1. The zero-order valence-corrected chi connectivity index (χ0v) is 16.3. The molecule has 146 valence electrons. The van der Waals surface area contributed by atoms with Crippen molar-refractivity contribution in [1.29, 1.82) is 0 Å². The lowest BCUT2D eigenvalue weighted by Crippen LogP contribution is -2.09. The molecule has 0 atom stereocenters. The molecule has 0 unspecified atom stereocenters. The predicted octanol–water partition coefficient (Wildman–Crippen LogP) is 3.13. The Kier molecular flexibility index (Phi) is 5.58. The Bertz CT molecular complexity index is 996. The van der Waals surface area contributed by atoms with E-state index in [1.165, 1.54) is 4.68 Å². The molecule has 1 N–H and O–H groups in total. The first-order chi connectivity index (χ1) is 13.4. The van der Waals surface area contributed by atoms with Crippen LogP contribution in [0.15, 0.2) is 30.3 Å². The highest BCUT2D eigenvalue weighted by Gasteiger charge is 2.21. The van der Waals surface area contributed by atoms with Crippen molar-refractivity contribution in [1.82, 2.24) is 19.7 Å². The van der Waals surface area contributed by atoms with Crippen LogP contribution < -0.4 is 9.47 Å². The second-order valence-corrected chi connectivity index (χ2v) is 6.27. The number of aryl methyl sites for hydroxylation is 1. The molecule has 0 saturated carbocycles. The minimum Gasteiger partial charge on any atom is -0.497 e. The number of aromatic nitrogens is 4. The topological polar surface area (TPSA) is 99.4 Å². The summed E-state index contributed by atoms with van der Waals surface area (Å²) in [6.45, 7) is 5.85. The number of aromatic carboxylic acids is 1. The molecule has 0 bridgehead atoms. The van der Waals surface area contributed by atoms with Crippen molar-refractivity contribution in [2.75, 3.05) is 7.11 Å². The van der Waals surface area contributed by atoms with E-state index in [9.17, 15) is 9.90 Å². The molecular formula is C20H22N4O4. The largest absolute Gasteiger partial charge is 0.497 e. The van der Waals surface area contributed by atoms with Gasteiger partial charge in [0.15, 0.2) is 5.69 Å². The van der Waals surface area contributed by atoms with E-state index in [0.717, 1.165) is 11.3 Å². The SMILES string of the molecule is CCc1c(C(=O)O)nn(-c2nc(C)cc(OCc3ccc(OC)cc3)n2)c1C. The van der Waals surface area contributed by atoms with Gasteiger partial charge in [-0.15, -0.1) is 0 Å². The summed E-state index contributed by atoms with van der Waals surface area (Å²) >= 11 is 0. The third-order valence-corrected chi connectivity index (χ3v) is 4.35. The van der Waals surface area contributed by atoms with E-state index in [-0.39, 0.29) is 11.6 Å². The van der Waals surface area contributed by atoms with E-state index in [4.69, 9.17) is 9.47 Å². The van der Waals surface area contributed by atoms with Crippen molar-refractivity contribution in [2.45, 2.75) is 33.8 Å². The van der Waals surface area contributed by atoms with Gasteiger partial charge in [-0.3, -0.25) is 0 Å². The van der Waals surface area contributed by atoms with E-state index >= 15 is 0 Å². The molecule has 0 aliphatic rings. The fraction of sp³-hybridized carbons (Fsp3) is 0.300. The van der Waals surface area contributed by atoms with Crippen LogP contribution in [0, 0.1) is 13.8 Å². The van der Waals surface area contributed by atoms with Crippen molar-refractivity contribution in [3.05, 3.63) is 58.5 Å². The normalized spacial score (nSPS) is 10.7. The van der Waals surface area contributed by atoms with Gasteiger partial charge in [0.25, 0.3) is 5.95 Å². The highest BCUT2D eigenvalue weighted by Crippen LogP contribution is 2.20. The molecule has 2 aromatic heterocycles. The molecule has 0 radical (unpaired) electrons. The number of benzene rings is 1. The van der Waals surface area contributed by atoms with Gasteiger partial charge in [0.1, 0.15) is 12.4 Å². The maximum Gasteiger partial charge on any atom is 0.356 e. The van der Waals surface area contributed by atoms with Gasteiger partial charge in [-0.2, -0.15) is 10.1 Å². The number of hydrogen-bond donors (Lipinski definition) is 1. The maximum atomic E-state index is 11.5. The fourth-order valence-corrected chi connectivity index (χ4v) is 2.90. The lowest BCUT2D eigenvalue weighted by molar-refractivity contribution is 0.0689. The van der Waals surface area contributed by atoms with Gasteiger partial charge >= 0.3 is 5.97 Å². The average Bonchev–Trinajstić information content (AvgIpc) is 3.03. The first-order valence-electron chi connectivity index (χ1n) is 8.86. The van der Waals surface area contributed by atoms with Crippen molar-refractivity contribution in [3.63, 3.8) is 0 Å². The molecule has 3 rings (SSSR count). The molecule has 0 spiro atoms. The molecule has 8 nitrogen and oxygen atoms in total. The average molecular weight is 382 g/mol. The van der Waals surface area contributed by atoms with Crippen LogP contribution >= 0.6 is 0 Å². The third-order valence-electron chi connectivity index (χ3n) is 4.35. The van der Waals surface area contributed by atoms with Crippen LogP contribution in [0.1, 0.15) is 39.9 Å². The number of rotatable bonds is 7. The molecule has 3 aromatic rings. The van der Waals surface area contributed by atoms with Gasteiger partial charge in [0, 0.05) is 23.0 Å². The van der Waals surface area contributed by atoms with E-state index in [2.05, 4.69) is 15.1 Å². The molecule has 0 amide bonds. The van der Waals surface area contributed by atoms with Crippen LogP contribution in [0.25, 0.3) is 5.95 Å². The summed E-state index contributed by atoms with van der Waals surface area (Å²) in [7, 11) is 1.62. The van der Waals surface area contributed by atoms with Crippen molar-refractivity contribution >= 4 is 5.97 Å². The number of carbonyl (C=O) groups is 1. The standard InChI is InChI=1S/C20H22N4O4/c1-5-16-13(3)24(23-18(16)19(25)26)20-21-12(2)10-17(22-20)28-11-14-6-8-15(27-4)9-7-14/h6-10H,5,11H2,1-4H3,(H,25,26). The summed E-state index contributed by atoms with van der Waals surface area (Å²) in [4.78, 5) is 20.3. The molecule has 0 aliphatic carbocycles. The third kappa shape index (κ3) is 3.95. The minimum atomic E-state index is -1.07. The second kappa shape index (κ2) is 8.08. The van der Waals surface area contributed by atoms with Crippen molar-refractivity contribution < 1.29 is 19.4 Å². The first kappa shape index (κ1) is 19.3. The molecule has 28 heavy (non-hydrogen) atoms. The molecule has 0 saturated heterocycles. The van der Waals surface area contributed by atoms with Crippen LogP contribution in [0.2, 0.25) is 0 Å². The maximum absolute atomic E-state index is 11.5. The Morgan fingerprint density at radius 2 is 1.89 bits per heavy atom. The zero-order valence-electron chi connectivity index (χ0n) is 16.3. The predicted molar refractivity (Wildman–Crippen MR) is 102 cm³/mol. The van der Waals surface area contributed by atoms with Gasteiger partial charge < -0.3 is 14.6 Å². The van der Waals surface area contributed by atoms with Gasteiger partial charge in [0.05, 0.1) is 7.11 Å². The van der Waals surface area contributed by atoms with E-state index in [1.807, 2.05) is 45.0 Å². The quantitative estimate of drug-likeness (QED) is 0.670. The van der Waals surface area contributed by atoms with Crippen molar-refractivity contribution in [3.8, 4) is 17.6 Å². The summed E-state index contributed by atoms with van der Waals surface area (Å²) in [5, 5.41) is 13.6. The Balaban J connectivity index is 1.88. The number of carboxylic acid groups (broad SMARTS) is 1. The Hall–Kier alpha value is -3.42. The van der Waals surface area contributed by atoms with Gasteiger partial charge in [-0.05, 0) is 38.0 Å². The highest BCUT2D eigenvalue weighted by atomic mass is 16.5. The Morgan fingerprint density at radius 1 is 1.18 bits per heavy atom. The summed E-state index contributed by atoms with van der Waals surface area (Å²) < 4.78 is 12.4.